The van der Waals surface area contributed by atoms with Crippen LogP contribution in [-0.4, -0.2) is 28.3 Å². The quantitative estimate of drug-likeness (QED) is 0.628. The molecular weight excluding hydrogens is 304 g/mol. The van der Waals surface area contributed by atoms with Crippen LogP contribution in [-0.2, 0) is 4.79 Å². The smallest absolute Gasteiger partial charge is 0.387 e. The Morgan fingerprint density at radius 1 is 1.45 bits per heavy atom. The molecule has 1 aliphatic rings. The minimum absolute atomic E-state index is 0.0317. The van der Waals surface area contributed by atoms with Crippen LogP contribution < -0.4 is 4.74 Å². The number of hydrogen-bond donors (Lipinski definition) is 0. The molecule has 7 heteroatoms. The number of para-hydroxylation sites is 1. The third-order valence-corrected chi connectivity index (χ3v) is 3.99. The summed E-state index contributed by atoms with van der Waals surface area (Å²) >= 11 is 6.24. The molecule has 0 atom stereocenters. The number of carbonyl (C=O) groups is 1. The number of halogens is 2. The van der Waals surface area contributed by atoms with E-state index in [4.69, 9.17) is 12.2 Å². The summed E-state index contributed by atoms with van der Waals surface area (Å²) in [4.78, 5) is 13.9. The first-order valence-corrected chi connectivity index (χ1v) is 7.04. The topological polar surface area (TPSA) is 29.5 Å². The van der Waals surface area contributed by atoms with E-state index in [1.54, 1.807) is 18.2 Å². The molecule has 1 heterocycles. The van der Waals surface area contributed by atoms with Crippen LogP contribution in [0.4, 0.5) is 8.78 Å². The van der Waals surface area contributed by atoms with Crippen LogP contribution in [0.3, 0.4) is 0 Å². The van der Waals surface area contributed by atoms with E-state index < -0.39 is 6.61 Å². The van der Waals surface area contributed by atoms with Gasteiger partial charge in [-0.3, -0.25) is 9.69 Å². The van der Waals surface area contributed by atoms with Crippen LogP contribution >= 0.6 is 24.0 Å². The van der Waals surface area contributed by atoms with Gasteiger partial charge in [0.1, 0.15) is 10.1 Å². The summed E-state index contributed by atoms with van der Waals surface area (Å²) in [5, 5.41) is 0. The lowest BCUT2D eigenvalue weighted by Gasteiger charge is -2.10. The van der Waals surface area contributed by atoms with Crippen molar-refractivity contribution in [2.45, 2.75) is 13.5 Å². The number of thioether (sulfide) groups is 1. The Labute approximate surface area is 124 Å². The minimum Gasteiger partial charge on any atom is -0.434 e. The first-order chi connectivity index (χ1) is 9.52. The molecule has 0 saturated carbocycles. The highest BCUT2D eigenvalue weighted by Gasteiger charge is 2.30. The van der Waals surface area contributed by atoms with Gasteiger partial charge in [-0.1, -0.05) is 42.2 Å². The Bertz CT molecular complexity index is 575. The molecule has 3 nitrogen and oxygen atoms in total. The highest BCUT2D eigenvalue weighted by molar-refractivity contribution is 8.26. The first kappa shape index (κ1) is 14.9. The summed E-state index contributed by atoms with van der Waals surface area (Å²) in [6.07, 6.45) is 1.52. The molecule has 2 rings (SSSR count). The summed E-state index contributed by atoms with van der Waals surface area (Å²) in [5.41, 5.74) is 0.421. The Kier molecular flexibility index (Phi) is 4.72. The number of hydrogen-bond acceptors (Lipinski definition) is 4. The van der Waals surface area contributed by atoms with Crippen LogP contribution in [0.5, 0.6) is 5.75 Å². The molecule has 1 aromatic rings. The normalized spacial score (nSPS) is 17.4. The summed E-state index contributed by atoms with van der Waals surface area (Å²) in [7, 11) is 0. The Hall–Kier alpha value is -1.47. The molecule has 0 bridgehead atoms. The van der Waals surface area contributed by atoms with E-state index in [1.807, 2.05) is 6.92 Å². The van der Waals surface area contributed by atoms with E-state index in [9.17, 15) is 13.6 Å². The van der Waals surface area contributed by atoms with Crippen molar-refractivity contribution in [3.05, 3.63) is 34.7 Å². The second-order valence-corrected chi connectivity index (χ2v) is 5.52. The Morgan fingerprint density at radius 2 is 2.15 bits per heavy atom. The lowest BCUT2D eigenvalue weighted by molar-refractivity contribution is -0.121. The van der Waals surface area contributed by atoms with E-state index in [-0.39, 0.29) is 11.7 Å². The van der Waals surface area contributed by atoms with Gasteiger partial charge in [0.05, 0.1) is 4.91 Å². The molecule has 0 N–H and O–H groups in total. The zero-order valence-corrected chi connectivity index (χ0v) is 12.1. The fraction of sp³-hybridized carbons (Fsp3) is 0.231. The highest BCUT2D eigenvalue weighted by Crippen LogP contribution is 2.34. The summed E-state index contributed by atoms with van der Waals surface area (Å²) in [6.45, 7) is -0.603. The number of alkyl halides is 2. The predicted octanol–water partition coefficient (Wildman–Crippen LogP) is 3.51. The molecule has 0 unspecified atom stereocenters. The number of ether oxygens (including phenoxy) is 1. The minimum atomic E-state index is -2.91. The van der Waals surface area contributed by atoms with E-state index >= 15 is 0 Å². The van der Waals surface area contributed by atoms with Gasteiger partial charge in [0, 0.05) is 12.1 Å². The van der Waals surface area contributed by atoms with E-state index in [2.05, 4.69) is 4.74 Å². The van der Waals surface area contributed by atoms with Gasteiger partial charge in [0.25, 0.3) is 5.91 Å². The van der Waals surface area contributed by atoms with Crippen LogP contribution in [0, 0.1) is 0 Å². The second kappa shape index (κ2) is 6.32. The monoisotopic (exact) mass is 315 g/mol. The van der Waals surface area contributed by atoms with Gasteiger partial charge in [-0.05, 0) is 19.1 Å². The highest BCUT2D eigenvalue weighted by atomic mass is 32.2. The fourth-order valence-corrected chi connectivity index (χ4v) is 3.09. The molecular formula is C13H11F2NO2S2. The summed E-state index contributed by atoms with van der Waals surface area (Å²) < 4.78 is 29.5. The van der Waals surface area contributed by atoms with Gasteiger partial charge in [0.2, 0.25) is 0 Å². The van der Waals surface area contributed by atoms with E-state index in [1.165, 1.54) is 17.0 Å². The van der Waals surface area contributed by atoms with Crippen LogP contribution in [0.1, 0.15) is 12.5 Å². The van der Waals surface area contributed by atoms with Gasteiger partial charge in [-0.25, -0.2) is 0 Å². The maximum Gasteiger partial charge on any atom is 0.387 e. The van der Waals surface area contributed by atoms with Crippen molar-refractivity contribution in [2.24, 2.45) is 0 Å². The van der Waals surface area contributed by atoms with Crippen molar-refractivity contribution in [3.63, 3.8) is 0 Å². The van der Waals surface area contributed by atoms with Crippen molar-refractivity contribution in [3.8, 4) is 5.75 Å². The zero-order valence-electron chi connectivity index (χ0n) is 10.5. The summed E-state index contributed by atoms with van der Waals surface area (Å²) in [5.74, 6) is -0.182. The van der Waals surface area contributed by atoms with Crippen molar-refractivity contribution in [1.29, 1.82) is 0 Å². The third kappa shape index (κ3) is 3.16. The molecule has 106 valence electrons. The largest absolute Gasteiger partial charge is 0.434 e. The number of benzene rings is 1. The summed E-state index contributed by atoms with van der Waals surface area (Å²) in [6, 6.07) is 6.31. The van der Waals surface area contributed by atoms with Crippen LogP contribution in [0.25, 0.3) is 6.08 Å². The number of thiocarbonyl (C=S) groups is 1. The fourth-order valence-electron chi connectivity index (χ4n) is 1.72. The molecule has 1 aromatic carbocycles. The molecule has 0 aromatic heterocycles. The van der Waals surface area contributed by atoms with Gasteiger partial charge in [-0.2, -0.15) is 8.78 Å². The second-order valence-electron chi connectivity index (χ2n) is 3.84. The average molecular weight is 315 g/mol. The molecule has 0 aliphatic carbocycles. The van der Waals surface area contributed by atoms with Gasteiger partial charge in [-0.15, -0.1) is 0 Å². The molecule has 1 aliphatic heterocycles. The molecule has 1 saturated heterocycles. The number of rotatable bonds is 4. The molecule has 0 radical (unpaired) electrons. The van der Waals surface area contributed by atoms with E-state index in [0.29, 0.717) is 21.3 Å². The van der Waals surface area contributed by atoms with Gasteiger partial charge in [0.15, 0.2) is 0 Å². The predicted molar refractivity (Wildman–Crippen MR) is 78.6 cm³/mol. The number of likely N-dealkylation sites (N-methyl/N-ethyl adjacent to an activating group) is 1. The average Bonchev–Trinajstić information content (AvgIpc) is 2.66. The molecule has 1 amide bonds. The van der Waals surface area contributed by atoms with Crippen molar-refractivity contribution >= 4 is 40.3 Å². The zero-order chi connectivity index (χ0) is 14.7. The maximum absolute atomic E-state index is 12.3. The standard InChI is InChI=1S/C13H11F2NO2S2/c1-2-16-11(17)10(20-13(16)19)7-8-5-3-4-6-9(8)18-12(14)15/h3-7,12H,2H2,1H3/b10-7+. The number of carbonyl (C=O) groups excluding carboxylic acids is 1. The molecule has 1 fully saturated rings. The van der Waals surface area contributed by atoms with Crippen molar-refractivity contribution in [2.75, 3.05) is 6.54 Å². The maximum atomic E-state index is 12.3. The SMILES string of the molecule is CCN1C(=O)/C(=C\c2ccccc2OC(F)F)SC1=S. The lowest BCUT2D eigenvalue weighted by Crippen LogP contribution is -2.27. The van der Waals surface area contributed by atoms with Crippen molar-refractivity contribution < 1.29 is 18.3 Å². The van der Waals surface area contributed by atoms with Crippen molar-refractivity contribution in [1.82, 2.24) is 4.90 Å². The Balaban J connectivity index is 2.32. The van der Waals surface area contributed by atoms with Gasteiger partial charge < -0.3 is 4.74 Å². The first-order valence-electron chi connectivity index (χ1n) is 5.82. The Morgan fingerprint density at radius 3 is 2.75 bits per heavy atom. The van der Waals surface area contributed by atoms with Crippen LogP contribution in [0.2, 0.25) is 0 Å². The lowest BCUT2D eigenvalue weighted by atomic mass is 10.2. The van der Waals surface area contributed by atoms with E-state index in [0.717, 1.165) is 11.8 Å². The number of amides is 1. The third-order valence-electron chi connectivity index (χ3n) is 2.61. The molecule has 20 heavy (non-hydrogen) atoms. The molecule has 0 spiro atoms. The van der Waals surface area contributed by atoms with Gasteiger partial charge >= 0.3 is 6.61 Å². The van der Waals surface area contributed by atoms with Crippen LogP contribution in [0.15, 0.2) is 29.2 Å². The number of nitrogens with zero attached hydrogens (tertiary/aromatic N) is 1.